The number of thiophene rings is 1. The van der Waals surface area contributed by atoms with Crippen molar-refractivity contribution in [2.24, 2.45) is 0 Å². The van der Waals surface area contributed by atoms with Gasteiger partial charge in [-0.2, -0.15) is 13.2 Å². The quantitative estimate of drug-likeness (QED) is 0.271. The number of hydrogen-bond donors (Lipinski definition) is 1. The predicted octanol–water partition coefficient (Wildman–Crippen LogP) is 5.89. The largest absolute Gasteiger partial charge is 0.418 e. The molecule has 2 aromatic heterocycles. The van der Waals surface area contributed by atoms with Crippen molar-refractivity contribution in [2.75, 3.05) is 11.1 Å². The Morgan fingerprint density at radius 1 is 1.12 bits per heavy atom. The summed E-state index contributed by atoms with van der Waals surface area (Å²) in [5.41, 5.74) is 0.852. The third-order valence-electron chi connectivity index (χ3n) is 4.88. The highest BCUT2D eigenvalue weighted by Gasteiger charge is 2.33. The molecular weight excluding hydrogens is 471 g/mol. The number of carbonyl (C=O) groups excluding carboxylic acids is 1. The molecule has 170 valence electrons. The first-order chi connectivity index (χ1) is 15.8. The average Bonchev–Trinajstić information content (AvgIpc) is 3.22. The fourth-order valence-electron chi connectivity index (χ4n) is 3.35. The highest BCUT2D eigenvalue weighted by Crippen LogP contribution is 2.35. The molecule has 1 N–H and O–H groups in total. The van der Waals surface area contributed by atoms with Gasteiger partial charge in [-0.3, -0.25) is 14.2 Å². The predicted molar refractivity (Wildman–Crippen MR) is 126 cm³/mol. The van der Waals surface area contributed by atoms with Crippen LogP contribution in [0.2, 0.25) is 0 Å². The Morgan fingerprint density at radius 2 is 1.82 bits per heavy atom. The molecule has 0 radical (unpaired) electrons. The van der Waals surface area contributed by atoms with Crippen LogP contribution in [0.1, 0.15) is 12.5 Å². The van der Waals surface area contributed by atoms with Crippen molar-refractivity contribution in [2.45, 2.75) is 24.8 Å². The zero-order valence-electron chi connectivity index (χ0n) is 17.3. The van der Waals surface area contributed by atoms with Gasteiger partial charge < -0.3 is 5.32 Å². The Balaban J connectivity index is 1.61. The summed E-state index contributed by atoms with van der Waals surface area (Å²) in [7, 11) is 0. The summed E-state index contributed by atoms with van der Waals surface area (Å²) in [5.74, 6) is -0.822. The summed E-state index contributed by atoms with van der Waals surface area (Å²) < 4.78 is 41.5. The smallest absolute Gasteiger partial charge is 0.325 e. The zero-order valence-corrected chi connectivity index (χ0v) is 19.0. The maximum Gasteiger partial charge on any atom is 0.418 e. The summed E-state index contributed by atoms with van der Waals surface area (Å²) in [6, 6.07) is 14.3. The van der Waals surface area contributed by atoms with Gasteiger partial charge in [0.1, 0.15) is 4.70 Å². The molecular formula is C23H18F3N3O2S2. The molecule has 33 heavy (non-hydrogen) atoms. The van der Waals surface area contributed by atoms with Gasteiger partial charge in [-0.05, 0) is 24.6 Å². The van der Waals surface area contributed by atoms with Crippen LogP contribution < -0.4 is 10.9 Å². The van der Waals surface area contributed by atoms with E-state index in [4.69, 9.17) is 0 Å². The van der Waals surface area contributed by atoms with Crippen molar-refractivity contribution in [3.63, 3.8) is 0 Å². The van der Waals surface area contributed by atoms with Crippen LogP contribution in [0.5, 0.6) is 0 Å². The van der Waals surface area contributed by atoms with E-state index in [9.17, 15) is 22.8 Å². The van der Waals surface area contributed by atoms with E-state index in [1.54, 1.807) is 6.92 Å². The number of amides is 1. The molecule has 2 aromatic carbocycles. The summed E-state index contributed by atoms with van der Waals surface area (Å²) in [5, 5.41) is 4.53. The van der Waals surface area contributed by atoms with E-state index in [1.165, 1.54) is 34.1 Å². The summed E-state index contributed by atoms with van der Waals surface area (Å²) in [6.07, 6.45) is -4.58. The molecule has 4 aromatic rings. The molecule has 1 amide bonds. The lowest BCUT2D eigenvalue weighted by molar-refractivity contribution is -0.137. The van der Waals surface area contributed by atoms with Gasteiger partial charge in [0.2, 0.25) is 5.91 Å². The third kappa shape index (κ3) is 4.81. The van der Waals surface area contributed by atoms with Crippen LogP contribution in [0.25, 0.3) is 21.3 Å². The van der Waals surface area contributed by atoms with E-state index in [1.807, 2.05) is 35.7 Å². The number of hydrogen-bond acceptors (Lipinski definition) is 5. The highest BCUT2D eigenvalue weighted by molar-refractivity contribution is 7.99. The number of rotatable bonds is 6. The highest BCUT2D eigenvalue weighted by atomic mass is 32.2. The molecule has 2 heterocycles. The number of aromatic nitrogens is 2. The first kappa shape index (κ1) is 23.1. The Hall–Kier alpha value is -3.11. The van der Waals surface area contributed by atoms with Crippen molar-refractivity contribution < 1.29 is 18.0 Å². The van der Waals surface area contributed by atoms with Gasteiger partial charge in [0.15, 0.2) is 5.16 Å². The second-order valence-corrected chi connectivity index (χ2v) is 8.84. The lowest BCUT2D eigenvalue weighted by Crippen LogP contribution is -2.23. The summed E-state index contributed by atoms with van der Waals surface area (Å²) >= 11 is 2.32. The normalized spacial score (nSPS) is 11.6. The number of para-hydroxylation sites is 1. The summed E-state index contributed by atoms with van der Waals surface area (Å²) in [4.78, 5) is 30.1. The van der Waals surface area contributed by atoms with Gasteiger partial charge in [-0.1, -0.05) is 54.2 Å². The molecule has 0 unspecified atom stereocenters. The van der Waals surface area contributed by atoms with E-state index in [2.05, 4.69) is 10.3 Å². The van der Waals surface area contributed by atoms with E-state index in [0.29, 0.717) is 21.9 Å². The van der Waals surface area contributed by atoms with Crippen LogP contribution in [0, 0.1) is 0 Å². The van der Waals surface area contributed by atoms with Gasteiger partial charge >= 0.3 is 6.18 Å². The van der Waals surface area contributed by atoms with Crippen LogP contribution >= 0.6 is 23.1 Å². The molecule has 5 nitrogen and oxygen atoms in total. The number of anilines is 1. The van der Waals surface area contributed by atoms with Crippen molar-refractivity contribution in [1.82, 2.24) is 9.55 Å². The number of halogens is 3. The molecule has 10 heteroatoms. The van der Waals surface area contributed by atoms with E-state index in [-0.39, 0.29) is 17.0 Å². The second kappa shape index (κ2) is 9.40. The standard InChI is InChI=1S/C23H18F3N3O2S2/c1-2-29-21(31)20-19(15(12-32-20)14-8-4-3-5-9-14)28-22(29)33-13-18(30)27-17-11-7-6-10-16(17)23(24,25)26/h3-12H,2,13H2,1H3,(H,27,30). The molecule has 0 fully saturated rings. The third-order valence-corrected chi connectivity index (χ3v) is 6.82. The van der Waals surface area contributed by atoms with Crippen molar-refractivity contribution in [3.05, 3.63) is 75.9 Å². The number of nitrogens with one attached hydrogen (secondary N) is 1. The molecule has 0 bridgehead atoms. The minimum atomic E-state index is -4.58. The lowest BCUT2D eigenvalue weighted by Gasteiger charge is -2.14. The van der Waals surface area contributed by atoms with Gasteiger partial charge in [0.05, 0.1) is 22.5 Å². The Bertz CT molecular complexity index is 1370. The topological polar surface area (TPSA) is 64.0 Å². The monoisotopic (exact) mass is 489 g/mol. The minimum absolute atomic E-state index is 0.199. The zero-order chi connectivity index (χ0) is 23.6. The van der Waals surface area contributed by atoms with Crippen LogP contribution in [0.3, 0.4) is 0 Å². The molecule has 0 aliphatic heterocycles. The van der Waals surface area contributed by atoms with Crippen LogP contribution in [0.15, 0.2) is 69.9 Å². The van der Waals surface area contributed by atoms with E-state index < -0.39 is 17.6 Å². The second-order valence-electron chi connectivity index (χ2n) is 7.02. The molecule has 0 aliphatic carbocycles. The average molecular weight is 490 g/mol. The molecule has 0 aliphatic rings. The van der Waals surface area contributed by atoms with Crippen LogP contribution in [0.4, 0.5) is 18.9 Å². The fraction of sp³-hybridized carbons (Fsp3) is 0.174. The minimum Gasteiger partial charge on any atom is -0.325 e. The Kier molecular flexibility index (Phi) is 6.57. The van der Waals surface area contributed by atoms with E-state index in [0.717, 1.165) is 29.0 Å². The number of nitrogens with zero attached hydrogens (tertiary/aromatic N) is 2. The fourth-order valence-corrected chi connectivity index (χ4v) is 5.16. The van der Waals surface area contributed by atoms with Crippen molar-refractivity contribution in [3.8, 4) is 11.1 Å². The first-order valence-electron chi connectivity index (χ1n) is 9.96. The van der Waals surface area contributed by atoms with Crippen molar-refractivity contribution >= 4 is 44.9 Å². The molecule has 4 rings (SSSR count). The van der Waals surface area contributed by atoms with Crippen LogP contribution in [-0.4, -0.2) is 21.2 Å². The number of fused-ring (bicyclic) bond motifs is 1. The number of carbonyl (C=O) groups is 1. The van der Waals surface area contributed by atoms with Crippen LogP contribution in [-0.2, 0) is 17.5 Å². The maximum atomic E-state index is 13.2. The Labute approximate surface area is 195 Å². The number of benzene rings is 2. The van der Waals surface area contributed by atoms with Crippen molar-refractivity contribution in [1.29, 1.82) is 0 Å². The Morgan fingerprint density at radius 3 is 2.52 bits per heavy atom. The number of alkyl halides is 3. The molecule has 0 saturated carbocycles. The molecule has 0 spiro atoms. The first-order valence-corrected chi connectivity index (χ1v) is 11.8. The lowest BCUT2D eigenvalue weighted by atomic mass is 10.1. The summed E-state index contributed by atoms with van der Waals surface area (Å²) in [6.45, 7) is 2.14. The molecule has 0 atom stereocenters. The number of thioether (sulfide) groups is 1. The van der Waals surface area contributed by atoms with E-state index >= 15 is 0 Å². The van der Waals surface area contributed by atoms with Gasteiger partial charge in [0, 0.05) is 17.5 Å². The SMILES string of the molecule is CCn1c(SCC(=O)Nc2ccccc2C(F)(F)F)nc2c(-c3ccccc3)csc2c1=O. The molecule has 0 saturated heterocycles. The van der Waals surface area contributed by atoms with Gasteiger partial charge in [-0.15, -0.1) is 11.3 Å². The van der Waals surface area contributed by atoms with Gasteiger partial charge in [-0.25, -0.2) is 4.98 Å². The van der Waals surface area contributed by atoms with Gasteiger partial charge in [0.25, 0.3) is 5.56 Å². The maximum absolute atomic E-state index is 13.2.